The van der Waals surface area contributed by atoms with Gasteiger partial charge in [-0.2, -0.15) is 5.10 Å². The highest BCUT2D eigenvalue weighted by atomic mass is 19.1. The van der Waals surface area contributed by atoms with Gasteiger partial charge in [-0.3, -0.25) is 4.68 Å². The molecule has 0 aliphatic heterocycles. The Labute approximate surface area is 190 Å². The fourth-order valence-electron chi connectivity index (χ4n) is 4.32. The van der Waals surface area contributed by atoms with Crippen LogP contribution in [-0.4, -0.2) is 19.7 Å². The Morgan fingerprint density at radius 3 is 2.61 bits per heavy atom. The van der Waals surface area contributed by atoms with Crippen LogP contribution in [-0.2, 0) is 7.05 Å². The lowest BCUT2D eigenvalue weighted by Gasteiger charge is -2.19. The van der Waals surface area contributed by atoms with Crippen LogP contribution < -0.4 is 5.73 Å². The lowest BCUT2D eigenvalue weighted by Crippen LogP contribution is -2.09. The van der Waals surface area contributed by atoms with E-state index in [0.717, 1.165) is 50.0 Å². The number of aromatic nitrogens is 4. The third-order valence-electron chi connectivity index (χ3n) is 6.02. The highest BCUT2D eigenvalue weighted by molar-refractivity contribution is 5.86. The molecule has 1 atom stereocenters. The monoisotopic (exact) mass is 441 g/mol. The van der Waals surface area contributed by atoms with Crippen LogP contribution in [0.1, 0.15) is 35.4 Å². The van der Waals surface area contributed by atoms with Crippen LogP contribution in [0.3, 0.4) is 0 Å². The molecule has 3 aromatic heterocycles. The van der Waals surface area contributed by atoms with Crippen LogP contribution in [0.25, 0.3) is 33.4 Å². The maximum atomic E-state index is 14.7. The normalized spacial score (nSPS) is 12.4. The Morgan fingerprint density at radius 1 is 1.03 bits per heavy atom. The number of hydrogen-bond donors (Lipinski definition) is 1. The molecule has 2 N–H and O–H groups in total. The van der Waals surface area contributed by atoms with E-state index in [4.69, 9.17) is 15.1 Å². The molecule has 5 rings (SSSR count). The van der Waals surface area contributed by atoms with Gasteiger partial charge in [0.1, 0.15) is 23.0 Å². The van der Waals surface area contributed by atoms with Crippen molar-refractivity contribution in [2.24, 2.45) is 7.05 Å². The topological polar surface area (TPSA) is 82.8 Å². The van der Waals surface area contributed by atoms with Gasteiger partial charge in [0, 0.05) is 41.2 Å². The van der Waals surface area contributed by atoms with Gasteiger partial charge in [-0.15, -0.1) is 0 Å². The van der Waals surface area contributed by atoms with Gasteiger partial charge in [-0.1, -0.05) is 13.0 Å². The molecule has 0 spiro atoms. The van der Waals surface area contributed by atoms with E-state index in [0.29, 0.717) is 11.6 Å². The molecule has 166 valence electrons. The molecule has 6 nitrogen and oxygen atoms in total. The number of halogens is 1. The highest BCUT2D eigenvalue weighted by Gasteiger charge is 2.22. The van der Waals surface area contributed by atoms with Gasteiger partial charge in [0.2, 0.25) is 0 Å². The van der Waals surface area contributed by atoms with E-state index in [1.807, 2.05) is 52.2 Å². The number of aryl methyl sites for hydroxylation is 3. The van der Waals surface area contributed by atoms with E-state index in [9.17, 15) is 4.39 Å². The first kappa shape index (κ1) is 20.9. The minimum atomic E-state index is -0.318. The van der Waals surface area contributed by atoms with Crippen molar-refractivity contribution in [2.45, 2.75) is 26.7 Å². The van der Waals surface area contributed by atoms with Crippen molar-refractivity contribution < 1.29 is 8.81 Å². The van der Waals surface area contributed by atoms with Crippen LogP contribution in [0.4, 0.5) is 10.2 Å². The van der Waals surface area contributed by atoms with Crippen molar-refractivity contribution in [1.82, 2.24) is 19.7 Å². The SMILES string of the molecule is Cc1nc(N)c(C(C)c2cc(F)cc(-c3cnn(C)c3)c2)c(-c2ccc3occ(C)c3c2)n1. The summed E-state index contributed by atoms with van der Waals surface area (Å²) in [5.41, 5.74) is 13.1. The first-order chi connectivity index (χ1) is 15.8. The van der Waals surface area contributed by atoms with Crippen molar-refractivity contribution in [2.75, 3.05) is 5.73 Å². The van der Waals surface area contributed by atoms with Crippen molar-refractivity contribution in [1.29, 1.82) is 0 Å². The van der Waals surface area contributed by atoms with E-state index in [2.05, 4.69) is 16.1 Å². The van der Waals surface area contributed by atoms with Crippen molar-refractivity contribution in [3.63, 3.8) is 0 Å². The van der Waals surface area contributed by atoms with Gasteiger partial charge >= 0.3 is 0 Å². The Kier molecular flexibility index (Phi) is 4.96. The minimum Gasteiger partial charge on any atom is -0.464 e. The summed E-state index contributed by atoms with van der Waals surface area (Å²) in [7, 11) is 1.83. The molecular weight excluding hydrogens is 417 g/mol. The number of furan rings is 1. The number of nitrogens with two attached hydrogens (primary N) is 1. The molecule has 0 bridgehead atoms. The number of anilines is 1. The molecule has 0 radical (unpaired) electrons. The largest absolute Gasteiger partial charge is 0.464 e. The number of rotatable bonds is 4. The maximum Gasteiger partial charge on any atom is 0.134 e. The first-order valence-corrected chi connectivity index (χ1v) is 10.7. The van der Waals surface area contributed by atoms with Crippen LogP contribution in [0.15, 0.2) is 59.5 Å². The molecule has 3 heterocycles. The lowest BCUT2D eigenvalue weighted by atomic mass is 9.88. The summed E-state index contributed by atoms with van der Waals surface area (Å²) < 4.78 is 22.0. The van der Waals surface area contributed by atoms with E-state index in [1.54, 1.807) is 17.1 Å². The molecule has 1 unspecified atom stereocenters. The quantitative estimate of drug-likeness (QED) is 0.382. The molecule has 0 aliphatic carbocycles. The Balaban J connectivity index is 1.66. The molecule has 0 saturated heterocycles. The van der Waals surface area contributed by atoms with Crippen molar-refractivity contribution in [3.05, 3.63) is 83.4 Å². The van der Waals surface area contributed by atoms with Gasteiger partial charge in [-0.05, 0) is 60.9 Å². The summed E-state index contributed by atoms with van der Waals surface area (Å²) in [5, 5.41) is 5.23. The molecule has 7 heteroatoms. The lowest BCUT2D eigenvalue weighted by molar-refractivity contribution is 0.613. The molecule has 5 aromatic rings. The zero-order valence-electron chi connectivity index (χ0n) is 18.9. The number of fused-ring (bicyclic) bond motifs is 1. The fraction of sp³-hybridized carbons (Fsp3) is 0.192. The minimum absolute atomic E-state index is 0.243. The second-order valence-corrected chi connectivity index (χ2v) is 8.45. The first-order valence-electron chi connectivity index (χ1n) is 10.7. The Hall–Kier alpha value is -4.00. The van der Waals surface area contributed by atoms with Crippen LogP contribution in [0, 0.1) is 19.7 Å². The second-order valence-electron chi connectivity index (χ2n) is 8.45. The molecule has 0 fully saturated rings. The fourth-order valence-corrected chi connectivity index (χ4v) is 4.32. The average molecular weight is 442 g/mol. The zero-order valence-corrected chi connectivity index (χ0v) is 18.9. The van der Waals surface area contributed by atoms with Crippen molar-refractivity contribution >= 4 is 16.8 Å². The van der Waals surface area contributed by atoms with Crippen LogP contribution in [0.5, 0.6) is 0 Å². The summed E-state index contributed by atoms with van der Waals surface area (Å²) in [5.74, 6) is 0.411. The Morgan fingerprint density at radius 2 is 1.85 bits per heavy atom. The number of nitrogen functional groups attached to an aromatic ring is 1. The molecule has 33 heavy (non-hydrogen) atoms. The van der Waals surface area contributed by atoms with E-state index in [-0.39, 0.29) is 11.7 Å². The zero-order chi connectivity index (χ0) is 23.3. The molecule has 0 saturated carbocycles. The van der Waals surface area contributed by atoms with E-state index >= 15 is 0 Å². The Bertz CT molecular complexity index is 1500. The predicted octanol–water partition coefficient (Wildman–Crippen LogP) is 5.78. The third-order valence-corrected chi connectivity index (χ3v) is 6.02. The standard InChI is InChI=1S/C26H24FN5O/c1-14-13-33-23-6-5-17(10-22(14)23)25-24(26(28)31-16(3)30-25)15(2)18-7-19(9-21(27)8-18)20-11-29-32(4)12-20/h5-13,15H,1-4H3,(H2,28,30,31). The molecule has 2 aromatic carbocycles. The summed E-state index contributed by atoms with van der Waals surface area (Å²) in [6.45, 7) is 5.82. The third kappa shape index (κ3) is 3.75. The van der Waals surface area contributed by atoms with Crippen LogP contribution >= 0.6 is 0 Å². The van der Waals surface area contributed by atoms with Crippen LogP contribution in [0.2, 0.25) is 0 Å². The summed E-state index contributed by atoms with van der Waals surface area (Å²) in [4.78, 5) is 9.17. The molecule has 0 amide bonds. The van der Waals surface area contributed by atoms with E-state index in [1.165, 1.54) is 12.1 Å². The number of benzene rings is 2. The van der Waals surface area contributed by atoms with Gasteiger partial charge in [0.05, 0.1) is 18.2 Å². The van der Waals surface area contributed by atoms with Crippen molar-refractivity contribution in [3.8, 4) is 22.4 Å². The number of hydrogen-bond acceptors (Lipinski definition) is 5. The molecular formula is C26H24FN5O. The average Bonchev–Trinajstić information content (AvgIpc) is 3.38. The smallest absolute Gasteiger partial charge is 0.134 e. The summed E-state index contributed by atoms with van der Waals surface area (Å²) in [6, 6.07) is 11.0. The summed E-state index contributed by atoms with van der Waals surface area (Å²) >= 11 is 0. The van der Waals surface area contributed by atoms with Gasteiger partial charge in [0.25, 0.3) is 0 Å². The second kappa shape index (κ2) is 7.85. The summed E-state index contributed by atoms with van der Waals surface area (Å²) in [6.07, 6.45) is 5.32. The maximum absolute atomic E-state index is 14.7. The van der Waals surface area contributed by atoms with Gasteiger partial charge in [-0.25, -0.2) is 14.4 Å². The highest BCUT2D eigenvalue weighted by Crippen LogP contribution is 2.38. The number of nitrogens with zero attached hydrogens (tertiary/aromatic N) is 4. The van der Waals surface area contributed by atoms with E-state index < -0.39 is 0 Å². The predicted molar refractivity (Wildman–Crippen MR) is 127 cm³/mol. The van der Waals surface area contributed by atoms with Gasteiger partial charge in [0.15, 0.2) is 0 Å². The van der Waals surface area contributed by atoms with Gasteiger partial charge < -0.3 is 10.2 Å². The molecule has 0 aliphatic rings.